The van der Waals surface area contributed by atoms with Crippen LogP contribution in [0, 0.1) is 32.1 Å². The van der Waals surface area contributed by atoms with E-state index in [4.69, 9.17) is 10.00 Å². The Bertz CT molecular complexity index is 426. The summed E-state index contributed by atoms with van der Waals surface area (Å²) in [5, 5.41) is 12.2. The van der Waals surface area contributed by atoms with Crippen LogP contribution < -0.4 is 10.1 Å². The van der Waals surface area contributed by atoms with Crippen LogP contribution >= 0.6 is 0 Å². The topological polar surface area (TPSA) is 45.0 Å². The number of rotatable bonds is 7. The molecule has 0 saturated carbocycles. The fourth-order valence-corrected chi connectivity index (χ4v) is 2.20. The maximum atomic E-state index is 9.03. The van der Waals surface area contributed by atoms with Gasteiger partial charge in [0.1, 0.15) is 5.75 Å². The molecule has 0 spiro atoms. The molecule has 0 fully saturated rings. The van der Waals surface area contributed by atoms with Crippen molar-refractivity contribution in [2.75, 3.05) is 13.2 Å². The molecule has 0 bridgehead atoms. The third-order valence-corrected chi connectivity index (χ3v) is 3.05. The molecule has 1 N–H and O–H groups in total. The minimum absolute atomic E-state index is 0.119. The van der Waals surface area contributed by atoms with E-state index in [2.05, 4.69) is 51.2 Å². The van der Waals surface area contributed by atoms with Crippen molar-refractivity contribution in [3.8, 4) is 11.8 Å². The van der Waals surface area contributed by atoms with Crippen LogP contribution in [0.4, 0.5) is 0 Å². The molecule has 0 aliphatic heterocycles. The van der Waals surface area contributed by atoms with Gasteiger partial charge in [0.25, 0.3) is 0 Å². The number of nitrogens with one attached hydrogen (secondary N) is 1. The van der Waals surface area contributed by atoms with E-state index in [9.17, 15) is 0 Å². The van der Waals surface area contributed by atoms with Crippen LogP contribution in [0.1, 0.15) is 36.5 Å². The predicted octanol–water partition coefficient (Wildman–Crippen LogP) is 3.27. The summed E-state index contributed by atoms with van der Waals surface area (Å²) >= 11 is 0. The number of nitrogens with zero attached hydrogens (tertiary/aromatic N) is 1. The van der Waals surface area contributed by atoms with Crippen LogP contribution in [0.15, 0.2) is 12.1 Å². The summed E-state index contributed by atoms with van der Waals surface area (Å²) in [5.74, 6) is 0.956. The molecule has 1 aromatic rings. The first-order valence-corrected chi connectivity index (χ1v) is 6.92. The highest BCUT2D eigenvalue weighted by Gasteiger charge is 2.08. The van der Waals surface area contributed by atoms with Gasteiger partial charge in [-0.3, -0.25) is 0 Å². The van der Waals surface area contributed by atoms with Crippen LogP contribution in [0.2, 0.25) is 0 Å². The lowest BCUT2D eigenvalue weighted by molar-refractivity contribution is 0.294. The zero-order valence-corrected chi connectivity index (χ0v) is 12.4. The molecule has 19 heavy (non-hydrogen) atoms. The number of hydrogen-bond donors (Lipinski definition) is 1. The Kier molecular flexibility index (Phi) is 6.38. The molecule has 104 valence electrons. The summed E-state index contributed by atoms with van der Waals surface area (Å²) in [6, 6.07) is 6.40. The van der Waals surface area contributed by atoms with E-state index < -0.39 is 0 Å². The maximum absolute atomic E-state index is 9.03. The van der Waals surface area contributed by atoms with Crippen molar-refractivity contribution in [3.63, 3.8) is 0 Å². The van der Waals surface area contributed by atoms with E-state index in [1.165, 1.54) is 5.56 Å². The molecule has 0 aliphatic rings. The lowest BCUT2D eigenvalue weighted by atomic mass is 10.1. The number of aryl methyl sites for hydroxylation is 3. The summed E-state index contributed by atoms with van der Waals surface area (Å²) in [6.45, 7) is 9.75. The van der Waals surface area contributed by atoms with Crippen molar-refractivity contribution in [1.82, 2.24) is 5.32 Å². The summed E-state index contributed by atoms with van der Waals surface area (Å²) < 4.78 is 5.84. The minimum atomic E-state index is -0.119. The molecule has 0 amide bonds. The molecule has 3 heteroatoms. The van der Waals surface area contributed by atoms with Gasteiger partial charge < -0.3 is 10.1 Å². The average Bonchev–Trinajstić information content (AvgIpc) is 2.36. The van der Waals surface area contributed by atoms with Gasteiger partial charge >= 0.3 is 0 Å². The first kappa shape index (κ1) is 15.5. The molecule has 1 unspecified atom stereocenters. The van der Waals surface area contributed by atoms with Gasteiger partial charge in [-0.1, -0.05) is 24.6 Å². The highest BCUT2D eigenvalue weighted by molar-refractivity contribution is 5.42. The first-order valence-electron chi connectivity index (χ1n) is 6.92. The van der Waals surface area contributed by atoms with Crippen molar-refractivity contribution in [2.24, 2.45) is 0 Å². The Balaban J connectivity index is 2.51. The van der Waals surface area contributed by atoms with Crippen LogP contribution in [0.3, 0.4) is 0 Å². The average molecular weight is 260 g/mol. The lowest BCUT2D eigenvalue weighted by Gasteiger charge is -2.15. The molecular formula is C16H24N2O. The quantitative estimate of drug-likeness (QED) is 0.818. The first-order chi connectivity index (χ1) is 9.08. The zero-order chi connectivity index (χ0) is 14.3. The van der Waals surface area contributed by atoms with Crippen LogP contribution in [-0.2, 0) is 0 Å². The van der Waals surface area contributed by atoms with E-state index >= 15 is 0 Å². The Hall–Kier alpha value is -1.53. The summed E-state index contributed by atoms with van der Waals surface area (Å²) in [4.78, 5) is 0. The van der Waals surface area contributed by atoms with E-state index in [0.717, 1.165) is 29.8 Å². The molecule has 0 aliphatic carbocycles. The third kappa shape index (κ3) is 4.92. The third-order valence-electron chi connectivity index (χ3n) is 3.05. The van der Waals surface area contributed by atoms with Gasteiger partial charge in [-0.05, 0) is 44.9 Å². The fourth-order valence-electron chi connectivity index (χ4n) is 2.20. The van der Waals surface area contributed by atoms with Gasteiger partial charge in [0.05, 0.1) is 18.7 Å². The summed E-state index contributed by atoms with van der Waals surface area (Å²) in [6.07, 6.45) is 1.75. The van der Waals surface area contributed by atoms with Crippen molar-refractivity contribution >= 4 is 0 Å². The molecule has 0 radical (unpaired) electrons. The van der Waals surface area contributed by atoms with Gasteiger partial charge in [0.15, 0.2) is 0 Å². The monoisotopic (exact) mass is 260 g/mol. The normalized spacial score (nSPS) is 11.9. The van der Waals surface area contributed by atoms with E-state index in [0.29, 0.717) is 13.0 Å². The van der Waals surface area contributed by atoms with Crippen molar-refractivity contribution in [2.45, 2.75) is 46.6 Å². The molecule has 1 atom stereocenters. The molecule has 0 heterocycles. The standard InChI is InChI=1S/C16H24N2O/c1-5-7-18-15(11-17)6-8-19-16-13(3)9-12(2)10-14(16)4/h9-10,15,18H,5-8H2,1-4H3. The SMILES string of the molecule is CCCNC(C#N)CCOc1c(C)cc(C)cc1C. The Morgan fingerprint density at radius 3 is 2.42 bits per heavy atom. The number of ether oxygens (including phenoxy) is 1. The summed E-state index contributed by atoms with van der Waals surface area (Å²) in [7, 11) is 0. The smallest absolute Gasteiger partial charge is 0.125 e. The number of nitriles is 1. The summed E-state index contributed by atoms with van der Waals surface area (Å²) in [5.41, 5.74) is 3.57. The number of benzene rings is 1. The molecule has 1 rings (SSSR count). The molecular weight excluding hydrogens is 236 g/mol. The van der Waals surface area contributed by atoms with Crippen molar-refractivity contribution in [3.05, 3.63) is 28.8 Å². The van der Waals surface area contributed by atoms with Crippen LogP contribution in [-0.4, -0.2) is 19.2 Å². The highest BCUT2D eigenvalue weighted by Crippen LogP contribution is 2.24. The second kappa shape index (κ2) is 7.81. The highest BCUT2D eigenvalue weighted by atomic mass is 16.5. The zero-order valence-electron chi connectivity index (χ0n) is 12.4. The van der Waals surface area contributed by atoms with Gasteiger partial charge in [0, 0.05) is 6.42 Å². The molecule has 3 nitrogen and oxygen atoms in total. The van der Waals surface area contributed by atoms with E-state index in [-0.39, 0.29) is 6.04 Å². The Morgan fingerprint density at radius 2 is 1.89 bits per heavy atom. The van der Waals surface area contributed by atoms with Gasteiger partial charge in [-0.15, -0.1) is 0 Å². The molecule has 1 aromatic carbocycles. The van der Waals surface area contributed by atoms with Crippen molar-refractivity contribution < 1.29 is 4.74 Å². The van der Waals surface area contributed by atoms with E-state index in [1.54, 1.807) is 0 Å². The van der Waals surface area contributed by atoms with Crippen LogP contribution in [0.25, 0.3) is 0 Å². The minimum Gasteiger partial charge on any atom is -0.493 e. The Labute approximate surface area is 116 Å². The second-order valence-corrected chi connectivity index (χ2v) is 5.00. The largest absolute Gasteiger partial charge is 0.493 e. The van der Waals surface area contributed by atoms with E-state index in [1.807, 2.05) is 0 Å². The predicted molar refractivity (Wildman–Crippen MR) is 78.5 cm³/mol. The van der Waals surface area contributed by atoms with Gasteiger partial charge in [-0.25, -0.2) is 0 Å². The molecule has 0 aromatic heterocycles. The lowest BCUT2D eigenvalue weighted by Crippen LogP contribution is -2.29. The fraction of sp³-hybridized carbons (Fsp3) is 0.562. The maximum Gasteiger partial charge on any atom is 0.125 e. The van der Waals surface area contributed by atoms with Crippen LogP contribution in [0.5, 0.6) is 5.75 Å². The van der Waals surface area contributed by atoms with Gasteiger partial charge in [0.2, 0.25) is 0 Å². The van der Waals surface area contributed by atoms with Crippen molar-refractivity contribution in [1.29, 1.82) is 5.26 Å². The van der Waals surface area contributed by atoms with Gasteiger partial charge in [-0.2, -0.15) is 5.26 Å². The number of hydrogen-bond acceptors (Lipinski definition) is 3. The second-order valence-electron chi connectivity index (χ2n) is 5.00. The Morgan fingerprint density at radius 1 is 1.26 bits per heavy atom. The molecule has 0 saturated heterocycles.